The minimum Gasteiger partial charge on any atom is -0.394 e. The zero-order chi connectivity index (χ0) is 9.84. The van der Waals surface area contributed by atoms with Crippen molar-refractivity contribution in [3.8, 4) is 0 Å². The molecule has 72 valence electrons. The molecule has 0 aliphatic heterocycles. The number of anilines is 1. The number of amides is 1. The fourth-order valence-corrected chi connectivity index (χ4v) is 0.801. The van der Waals surface area contributed by atoms with E-state index in [0.29, 0.717) is 0 Å². The van der Waals surface area contributed by atoms with Gasteiger partial charge in [-0.3, -0.25) is 9.89 Å². The predicted octanol–water partition coefficient (Wildman–Crippen LogP) is -0.897. The van der Waals surface area contributed by atoms with Gasteiger partial charge in [0.25, 0.3) is 5.91 Å². The Morgan fingerprint density at radius 3 is 3.08 bits per heavy atom. The van der Waals surface area contributed by atoms with Crippen LogP contribution in [0.4, 0.5) is 5.82 Å². The van der Waals surface area contributed by atoms with Crippen molar-refractivity contribution >= 4 is 11.7 Å². The highest BCUT2D eigenvalue weighted by Gasteiger charge is 2.10. The number of H-pyrrole nitrogens is 1. The summed E-state index contributed by atoms with van der Waals surface area (Å²) in [5, 5.41) is 17.3. The predicted molar refractivity (Wildman–Crippen MR) is 47.0 cm³/mol. The van der Waals surface area contributed by atoms with Gasteiger partial charge in [-0.1, -0.05) is 0 Å². The molecule has 1 aromatic heterocycles. The summed E-state index contributed by atoms with van der Waals surface area (Å²) in [4.78, 5) is 11.3. The fraction of sp³-hybridized carbons (Fsp3) is 0.429. The number of aliphatic hydroxyl groups is 1. The van der Waals surface area contributed by atoms with E-state index in [9.17, 15) is 4.79 Å². The lowest BCUT2D eigenvalue weighted by molar-refractivity contribution is 0.0917. The van der Waals surface area contributed by atoms with Crippen molar-refractivity contribution in [2.75, 3.05) is 12.3 Å². The standard InChI is InChI=1S/C7H12N4O2/c1-4(3-12)9-7(13)5-2-6(8)11-10-5/h2,4,12H,3H2,1H3,(H,9,13)(H3,8,10,11). The molecule has 0 radical (unpaired) electrons. The smallest absolute Gasteiger partial charge is 0.269 e. The number of aromatic amines is 1. The van der Waals surface area contributed by atoms with Gasteiger partial charge < -0.3 is 16.2 Å². The van der Waals surface area contributed by atoms with Crippen LogP contribution in [0.3, 0.4) is 0 Å². The third-order valence-electron chi connectivity index (χ3n) is 1.49. The molecule has 5 N–H and O–H groups in total. The van der Waals surface area contributed by atoms with Crippen molar-refractivity contribution in [1.82, 2.24) is 15.5 Å². The lowest BCUT2D eigenvalue weighted by Crippen LogP contribution is -2.35. The number of nitrogens with zero attached hydrogens (tertiary/aromatic N) is 1. The molecule has 6 nitrogen and oxygen atoms in total. The summed E-state index contributed by atoms with van der Waals surface area (Å²) in [6.07, 6.45) is 0. The van der Waals surface area contributed by atoms with Crippen molar-refractivity contribution in [3.05, 3.63) is 11.8 Å². The van der Waals surface area contributed by atoms with Crippen LogP contribution in [0.25, 0.3) is 0 Å². The fourth-order valence-electron chi connectivity index (χ4n) is 0.801. The topological polar surface area (TPSA) is 104 Å². The first-order chi connectivity index (χ1) is 6.13. The second-order valence-corrected chi connectivity index (χ2v) is 2.76. The summed E-state index contributed by atoms with van der Waals surface area (Å²) in [7, 11) is 0. The number of nitrogens with one attached hydrogen (secondary N) is 2. The molecule has 0 fully saturated rings. The second kappa shape index (κ2) is 3.90. The van der Waals surface area contributed by atoms with Crippen LogP contribution < -0.4 is 11.1 Å². The largest absolute Gasteiger partial charge is 0.394 e. The van der Waals surface area contributed by atoms with Gasteiger partial charge in [-0.2, -0.15) is 5.10 Å². The van der Waals surface area contributed by atoms with Crippen molar-refractivity contribution in [3.63, 3.8) is 0 Å². The maximum absolute atomic E-state index is 11.3. The number of carbonyl (C=O) groups excluding carboxylic acids is 1. The molecule has 0 saturated carbocycles. The summed E-state index contributed by atoms with van der Waals surface area (Å²) in [6, 6.07) is 1.15. The van der Waals surface area contributed by atoms with Crippen LogP contribution in [0.1, 0.15) is 17.4 Å². The zero-order valence-corrected chi connectivity index (χ0v) is 7.24. The van der Waals surface area contributed by atoms with E-state index in [2.05, 4.69) is 15.5 Å². The Hall–Kier alpha value is -1.56. The van der Waals surface area contributed by atoms with Crippen LogP contribution in [0.2, 0.25) is 0 Å². The van der Waals surface area contributed by atoms with Gasteiger partial charge in [0.15, 0.2) is 0 Å². The zero-order valence-electron chi connectivity index (χ0n) is 7.24. The van der Waals surface area contributed by atoms with E-state index in [0.717, 1.165) is 0 Å². The highest BCUT2D eigenvalue weighted by molar-refractivity contribution is 5.93. The highest BCUT2D eigenvalue weighted by Crippen LogP contribution is 1.99. The average molecular weight is 184 g/mol. The monoisotopic (exact) mass is 184 g/mol. The first kappa shape index (κ1) is 9.53. The van der Waals surface area contributed by atoms with Gasteiger partial charge in [-0.15, -0.1) is 0 Å². The number of carbonyl (C=O) groups is 1. The van der Waals surface area contributed by atoms with Crippen LogP contribution in [0.15, 0.2) is 6.07 Å². The number of nitrogens with two attached hydrogens (primary N) is 1. The summed E-state index contributed by atoms with van der Waals surface area (Å²) < 4.78 is 0. The van der Waals surface area contributed by atoms with Gasteiger partial charge in [0.2, 0.25) is 0 Å². The SMILES string of the molecule is CC(CO)NC(=O)c1cc(N)n[nH]1. The lowest BCUT2D eigenvalue weighted by Gasteiger charge is -2.08. The van der Waals surface area contributed by atoms with E-state index in [-0.39, 0.29) is 30.1 Å². The van der Waals surface area contributed by atoms with Gasteiger partial charge in [0, 0.05) is 12.1 Å². The average Bonchev–Trinajstić information content (AvgIpc) is 2.51. The van der Waals surface area contributed by atoms with E-state index in [1.165, 1.54) is 6.07 Å². The molecule has 1 rings (SSSR count). The Kier molecular flexibility index (Phi) is 2.86. The quantitative estimate of drug-likeness (QED) is 0.488. The first-order valence-corrected chi connectivity index (χ1v) is 3.86. The van der Waals surface area contributed by atoms with Gasteiger partial charge in [0.1, 0.15) is 11.5 Å². The van der Waals surface area contributed by atoms with E-state index in [4.69, 9.17) is 10.8 Å². The number of rotatable bonds is 3. The first-order valence-electron chi connectivity index (χ1n) is 3.86. The molecule has 0 saturated heterocycles. The number of aliphatic hydroxyl groups excluding tert-OH is 1. The van der Waals surface area contributed by atoms with E-state index >= 15 is 0 Å². The maximum atomic E-state index is 11.3. The van der Waals surface area contributed by atoms with Crippen molar-refractivity contribution in [1.29, 1.82) is 0 Å². The Labute approximate surface area is 75.1 Å². The van der Waals surface area contributed by atoms with Gasteiger partial charge in [-0.25, -0.2) is 0 Å². The maximum Gasteiger partial charge on any atom is 0.269 e. The minimum atomic E-state index is -0.328. The molecule has 0 aromatic carbocycles. The molecule has 1 heterocycles. The summed E-state index contributed by atoms with van der Waals surface area (Å²) >= 11 is 0. The van der Waals surface area contributed by atoms with Gasteiger partial charge in [-0.05, 0) is 6.92 Å². The highest BCUT2D eigenvalue weighted by atomic mass is 16.3. The normalized spacial score (nSPS) is 12.5. The van der Waals surface area contributed by atoms with Crippen LogP contribution in [-0.2, 0) is 0 Å². The Bertz CT molecular complexity index is 296. The molecule has 0 aliphatic carbocycles. The Balaban J connectivity index is 2.58. The molecule has 13 heavy (non-hydrogen) atoms. The van der Waals surface area contributed by atoms with Crippen molar-refractivity contribution in [2.45, 2.75) is 13.0 Å². The third kappa shape index (κ3) is 2.45. The van der Waals surface area contributed by atoms with Crippen LogP contribution in [-0.4, -0.2) is 33.9 Å². The molecular weight excluding hydrogens is 172 g/mol. The van der Waals surface area contributed by atoms with E-state index in [1.807, 2.05) is 0 Å². The molecule has 6 heteroatoms. The van der Waals surface area contributed by atoms with E-state index in [1.54, 1.807) is 6.92 Å². The summed E-state index contributed by atoms with van der Waals surface area (Å²) in [5.41, 5.74) is 5.60. The van der Waals surface area contributed by atoms with Crippen molar-refractivity contribution < 1.29 is 9.90 Å². The van der Waals surface area contributed by atoms with Crippen LogP contribution >= 0.6 is 0 Å². The molecule has 1 aromatic rings. The minimum absolute atomic E-state index is 0.102. The van der Waals surface area contributed by atoms with E-state index < -0.39 is 0 Å². The summed E-state index contributed by atoms with van der Waals surface area (Å²) in [6.45, 7) is 1.59. The molecule has 0 aliphatic rings. The third-order valence-corrected chi connectivity index (χ3v) is 1.49. The molecular formula is C7H12N4O2. The number of hydrogen-bond donors (Lipinski definition) is 4. The molecule has 1 amide bonds. The summed E-state index contributed by atoms with van der Waals surface area (Å²) in [5.74, 6) is -0.0625. The van der Waals surface area contributed by atoms with Crippen LogP contribution in [0, 0.1) is 0 Å². The van der Waals surface area contributed by atoms with Crippen molar-refractivity contribution in [2.24, 2.45) is 0 Å². The molecule has 1 unspecified atom stereocenters. The Morgan fingerprint density at radius 2 is 2.62 bits per heavy atom. The van der Waals surface area contributed by atoms with Crippen LogP contribution in [0.5, 0.6) is 0 Å². The number of aromatic nitrogens is 2. The molecule has 0 spiro atoms. The molecule has 0 bridgehead atoms. The second-order valence-electron chi connectivity index (χ2n) is 2.76. The lowest BCUT2D eigenvalue weighted by atomic mass is 10.3. The van der Waals surface area contributed by atoms with Gasteiger partial charge >= 0.3 is 0 Å². The molecule has 1 atom stereocenters. The number of hydrogen-bond acceptors (Lipinski definition) is 4. The number of nitrogen functional groups attached to an aromatic ring is 1. The van der Waals surface area contributed by atoms with Gasteiger partial charge in [0.05, 0.1) is 6.61 Å². The Morgan fingerprint density at radius 1 is 1.92 bits per heavy atom.